The molecule has 0 bridgehead atoms. The Bertz CT molecular complexity index is 917. The molecule has 8 heteroatoms. The first kappa shape index (κ1) is 15.2. The van der Waals surface area contributed by atoms with Crippen LogP contribution in [0, 0.1) is 0 Å². The minimum absolute atomic E-state index is 0.0172. The molecular weight excluding hydrogens is 318 g/mol. The highest BCUT2D eigenvalue weighted by Crippen LogP contribution is 2.29. The molecule has 0 aliphatic rings. The molecule has 0 amide bonds. The Hall–Kier alpha value is -2.74. The summed E-state index contributed by atoms with van der Waals surface area (Å²) in [4.78, 5) is 4.20. The van der Waals surface area contributed by atoms with Crippen LogP contribution in [0.4, 0.5) is 5.82 Å². The van der Waals surface area contributed by atoms with Crippen molar-refractivity contribution < 1.29 is 17.9 Å². The molecule has 3 aromatic rings. The van der Waals surface area contributed by atoms with E-state index in [2.05, 4.69) is 9.71 Å². The number of anilines is 1. The monoisotopic (exact) mass is 333 g/mol. The number of sulfonamides is 1. The molecule has 0 aliphatic carbocycles. The molecule has 23 heavy (non-hydrogen) atoms. The van der Waals surface area contributed by atoms with E-state index in [1.54, 1.807) is 28.9 Å². The molecule has 0 unspecified atom stereocenters. The first-order valence-corrected chi connectivity index (χ1v) is 8.20. The highest BCUT2D eigenvalue weighted by molar-refractivity contribution is 7.92. The van der Waals surface area contributed by atoms with Crippen LogP contribution in [0.25, 0.3) is 5.65 Å². The number of rotatable bonds is 5. The minimum Gasteiger partial charge on any atom is -0.497 e. The molecule has 0 atom stereocenters. The Labute approximate surface area is 133 Å². The number of hydrogen-bond donors (Lipinski definition) is 1. The third kappa shape index (κ3) is 2.93. The molecule has 2 heterocycles. The second kappa shape index (κ2) is 5.81. The van der Waals surface area contributed by atoms with Gasteiger partial charge in [-0.25, -0.2) is 13.4 Å². The summed E-state index contributed by atoms with van der Waals surface area (Å²) in [6, 6.07) is 10.0. The minimum atomic E-state index is -3.87. The van der Waals surface area contributed by atoms with Crippen LogP contribution in [0.3, 0.4) is 0 Å². The second-order valence-electron chi connectivity index (χ2n) is 4.71. The summed E-state index contributed by atoms with van der Waals surface area (Å²) in [5.41, 5.74) is 0.641. The van der Waals surface area contributed by atoms with E-state index in [9.17, 15) is 8.42 Å². The molecular formula is C15H15N3O4S. The van der Waals surface area contributed by atoms with E-state index in [0.29, 0.717) is 11.4 Å². The Balaban J connectivity index is 2.01. The average molecular weight is 333 g/mol. The number of fused-ring (bicyclic) bond motifs is 1. The lowest BCUT2D eigenvalue weighted by atomic mass is 10.3. The van der Waals surface area contributed by atoms with Crippen molar-refractivity contribution in [1.29, 1.82) is 0 Å². The summed E-state index contributed by atoms with van der Waals surface area (Å²) in [5.74, 6) is 0.865. The lowest BCUT2D eigenvalue weighted by molar-refractivity contribution is 0.392. The number of methoxy groups -OCH3 is 2. The van der Waals surface area contributed by atoms with Gasteiger partial charge in [0.25, 0.3) is 10.0 Å². The normalized spacial score (nSPS) is 11.4. The van der Waals surface area contributed by atoms with Crippen LogP contribution in [-0.4, -0.2) is 32.0 Å². The summed E-state index contributed by atoms with van der Waals surface area (Å²) in [6.07, 6.45) is 3.38. The second-order valence-corrected chi connectivity index (χ2v) is 6.37. The van der Waals surface area contributed by atoms with Gasteiger partial charge in [0.15, 0.2) is 5.82 Å². The number of imidazole rings is 1. The van der Waals surface area contributed by atoms with Gasteiger partial charge in [0.05, 0.1) is 20.4 Å². The van der Waals surface area contributed by atoms with Gasteiger partial charge < -0.3 is 13.9 Å². The van der Waals surface area contributed by atoms with Crippen LogP contribution in [0.5, 0.6) is 11.5 Å². The van der Waals surface area contributed by atoms with Crippen molar-refractivity contribution in [3.8, 4) is 11.5 Å². The number of ether oxygens (including phenoxy) is 2. The predicted molar refractivity (Wildman–Crippen MR) is 85.5 cm³/mol. The SMILES string of the molecule is COc1ccc(OC)c(S(=O)(=O)Nc2cn3ccccc3n2)c1. The number of hydrogen-bond acceptors (Lipinski definition) is 5. The van der Waals surface area contributed by atoms with Crippen LogP contribution in [0.2, 0.25) is 0 Å². The Kier molecular flexibility index (Phi) is 3.83. The maximum atomic E-state index is 12.6. The molecule has 0 radical (unpaired) electrons. The first-order valence-electron chi connectivity index (χ1n) is 6.72. The van der Waals surface area contributed by atoms with Gasteiger partial charge in [-0.2, -0.15) is 0 Å². The zero-order valence-electron chi connectivity index (χ0n) is 12.6. The van der Waals surface area contributed by atoms with E-state index in [1.165, 1.54) is 26.4 Å². The third-order valence-electron chi connectivity index (χ3n) is 3.26. The molecule has 0 aliphatic heterocycles. The van der Waals surface area contributed by atoms with E-state index in [-0.39, 0.29) is 16.5 Å². The number of benzene rings is 1. The summed E-state index contributed by atoms with van der Waals surface area (Å²) >= 11 is 0. The van der Waals surface area contributed by atoms with Gasteiger partial charge in [-0.3, -0.25) is 4.72 Å². The summed E-state index contributed by atoms with van der Waals surface area (Å²) in [5, 5.41) is 0. The standard InChI is InChI=1S/C15H15N3O4S/c1-21-11-6-7-12(22-2)13(9-11)23(19,20)17-14-10-18-8-4-3-5-15(18)16-14/h3-10,17H,1-2H3. The smallest absolute Gasteiger partial charge is 0.266 e. The van der Waals surface area contributed by atoms with Crippen LogP contribution < -0.4 is 14.2 Å². The molecule has 0 spiro atoms. The van der Waals surface area contributed by atoms with Crippen molar-refractivity contribution >= 4 is 21.5 Å². The number of nitrogens with zero attached hydrogens (tertiary/aromatic N) is 2. The van der Waals surface area contributed by atoms with Gasteiger partial charge >= 0.3 is 0 Å². The predicted octanol–water partition coefficient (Wildman–Crippen LogP) is 2.15. The van der Waals surface area contributed by atoms with E-state index in [1.807, 2.05) is 12.1 Å². The van der Waals surface area contributed by atoms with Crippen molar-refractivity contribution in [2.45, 2.75) is 4.90 Å². The van der Waals surface area contributed by atoms with E-state index in [4.69, 9.17) is 9.47 Å². The van der Waals surface area contributed by atoms with Gasteiger partial charge in [0, 0.05) is 12.3 Å². The van der Waals surface area contributed by atoms with Crippen molar-refractivity contribution in [1.82, 2.24) is 9.38 Å². The highest BCUT2D eigenvalue weighted by Gasteiger charge is 2.21. The lowest BCUT2D eigenvalue weighted by Crippen LogP contribution is -2.14. The number of pyridine rings is 1. The van der Waals surface area contributed by atoms with Crippen molar-refractivity contribution in [3.05, 3.63) is 48.8 Å². The quantitative estimate of drug-likeness (QED) is 0.774. The molecule has 0 saturated carbocycles. The van der Waals surface area contributed by atoms with Gasteiger partial charge in [-0.05, 0) is 24.3 Å². The lowest BCUT2D eigenvalue weighted by Gasteiger charge is -2.11. The molecule has 3 rings (SSSR count). The fraction of sp³-hybridized carbons (Fsp3) is 0.133. The largest absolute Gasteiger partial charge is 0.497 e. The molecule has 1 N–H and O–H groups in total. The van der Waals surface area contributed by atoms with Crippen LogP contribution in [0.1, 0.15) is 0 Å². The molecule has 0 saturated heterocycles. The van der Waals surface area contributed by atoms with E-state index < -0.39 is 10.0 Å². The van der Waals surface area contributed by atoms with Crippen molar-refractivity contribution in [3.63, 3.8) is 0 Å². The van der Waals surface area contributed by atoms with Gasteiger partial charge in [-0.15, -0.1) is 0 Å². The molecule has 2 aromatic heterocycles. The number of nitrogens with one attached hydrogen (secondary N) is 1. The molecule has 7 nitrogen and oxygen atoms in total. The molecule has 1 aromatic carbocycles. The maximum absolute atomic E-state index is 12.6. The first-order chi connectivity index (χ1) is 11.0. The van der Waals surface area contributed by atoms with Gasteiger partial charge in [0.2, 0.25) is 0 Å². The van der Waals surface area contributed by atoms with E-state index in [0.717, 1.165) is 0 Å². The third-order valence-corrected chi connectivity index (χ3v) is 4.64. The van der Waals surface area contributed by atoms with Crippen LogP contribution in [-0.2, 0) is 10.0 Å². The van der Waals surface area contributed by atoms with Crippen LogP contribution in [0.15, 0.2) is 53.7 Å². The Morgan fingerprint density at radius 1 is 1.13 bits per heavy atom. The zero-order chi connectivity index (χ0) is 16.4. The van der Waals surface area contributed by atoms with Crippen molar-refractivity contribution in [2.24, 2.45) is 0 Å². The topological polar surface area (TPSA) is 81.9 Å². The number of aromatic nitrogens is 2. The summed E-state index contributed by atoms with van der Waals surface area (Å²) < 4.78 is 39.6. The van der Waals surface area contributed by atoms with Gasteiger partial charge in [0.1, 0.15) is 22.0 Å². The average Bonchev–Trinajstić information content (AvgIpc) is 2.95. The van der Waals surface area contributed by atoms with Crippen LogP contribution >= 0.6 is 0 Å². The Morgan fingerprint density at radius 2 is 1.96 bits per heavy atom. The fourth-order valence-electron chi connectivity index (χ4n) is 2.17. The zero-order valence-corrected chi connectivity index (χ0v) is 13.4. The molecule has 120 valence electrons. The summed E-state index contributed by atoms with van der Waals surface area (Å²) in [6.45, 7) is 0. The molecule has 0 fully saturated rings. The van der Waals surface area contributed by atoms with E-state index >= 15 is 0 Å². The summed E-state index contributed by atoms with van der Waals surface area (Å²) in [7, 11) is -0.993. The maximum Gasteiger partial charge on any atom is 0.266 e. The van der Waals surface area contributed by atoms with Crippen molar-refractivity contribution in [2.75, 3.05) is 18.9 Å². The highest BCUT2D eigenvalue weighted by atomic mass is 32.2. The van der Waals surface area contributed by atoms with Gasteiger partial charge in [-0.1, -0.05) is 6.07 Å². The Morgan fingerprint density at radius 3 is 2.65 bits per heavy atom. The fourth-order valence-corrected chi connectivity index (χ4v) is 3.34.